The highest BCUT2D eigenvalue weighted by Crippen LogP contribution is 2.33. The molecular formula is C26H30N2O7. The van der Waals surface area contributed by atoms with Crippen LogP contribution < -0.4 is 10.1 Å². The number of fused-ring (bicyclic) bond motifs is 2. The van der Waals surface area contributed by atoms with Crippen molar-refractivity contribution in [2.45, 2.75) is 45.8 Å². The molecule has 186 valence electrons. The van der Waals surface area contributed by atoms with E-state index >= 15 is 0 Å². The summed E-state index contributed by atoms with van der Waals surface area (Å²) in [5.41, 5.74) is 1.55. The summed E-state index contributed by atoms with van der Waals surface area (Å²) in [6.45, 7) is 4.82. The number of likely N-dealkylation sites (tertiary alicyclic amines) is 1. The Morgan fingerprint density at radius 1 is 1.00 bits per heavy atom. The van der Waals surface area contributed by atoms with Gasteiger partial charge in [-0.2, -0.15) is 0 Å². The van der Waals surface area contributed by atoms with E-state index in [0.29, 0.717) is 5.57 Å². The molecule has 2 atom stereocenters. The van der Waals surface area contributed by atoms with Crippen molar-refractivity contribution in [3.05, 3.63) is 71.4 Å². The van der Waals surface area contributed by atoms with Crippen molar-refractivity contribution in [2.24, 2.45) is 0 Å². The largest absolute Gasteiger partial charge is 0.457 e. The molecule has 3 aliphatic rings. The zero-order valence-corrected chi connectivity index (χ0v) is 20.4. The number of amides is 2. The first-order valence-corrected chi connectivity index (χ1v) is 11.1. The minimum absolute atomic E-state index is 0.0796. The van der Waals surface area contributed by atoms with Crippen molar-refractivity contribution in [3.63, 3.8) is 0 Å². The minimum Gasteiger partial charge on any atom is -0.457 e. The van der Waals surface area contributed by atoms with Crippen LogP contribution in [0.5, 0.6) is 11.5 Å². The number of hydrogen-bond acceptors (Lipinski definition) is 7. The zero-order valence-electron chi connectivity index (χ0n) is 20.4. The average molecular weight is 483 g/mol. The number of nitrogens with one attached hydrogen (secondary N) is 1. The third-order valence-electron chi connectivity index (χ3n) is 5.41. The Morgan fingerprint density at radius 2 is 1.60 bits per heavy atom. The number of nitrogens with zero attached hydrogens (tertiary/aromatic N) is 1. The molecule has 2 aromatic carbocycles. The highest BCUT2D eigenvalue weighted by Gasteiger charge is 2.55. The van der Waals surface area contributed by atoms with Gasteiger partial charge >= 0.3 is 5.97 Å². The monoisotopic (exact) mass is 482 g/mol. The summed E-state index contributed by atoms with van der Waals surface area (Å²) in [5.74, 6) is 0.552. The first kappa shape index (κ1) is 25.9. The Labute approximate surface area is 204 Å². The Morgan fingerprint density at radius 3 is 2.03 bits per heavy atom. The van der Waals surface area contributed by atoms with Gasteiger partial charge in [-0.15, -0.1) is 0 Å². The maximum Gasteiger partial charge on any atom is 0.355 e. The summed E-state index contributed by atoms with van der Waals surface area (Å²) < 4.78 is 21.0. The minimum atomic E-state index is -0.848. The number of methoxy groups -OCH3 is 2. The second-order valence-electron chi connectivity index (χ2n) is 8.20. The van der Waals surface area contributed by atoms with Crippen molar-refractivity contribution in [1.82, 2.24) is 10.2 Å². The Hall–Kier alpha value is -3.69. The molecule has 35 heavy (non-hydrogen) atoms. The van der Waals surface area contributed by atoms with Crippen LogP contribution in [0.15, 0.2) is 65.9 Å². The lowest BCUT2D eigenvalue weighted by atomic mass is 9.92. The van der Waals surface area contributed by atoms with Gasteiger partial charge < -0.3 is 24.3 Å². The first-order chi connectivity index (χ1) is 16.8. The molecule has 0 radical (unpaired) electrons. The number of β-lactam (4-membered cyclic amide) rings is 1. The number of ether oxygens (including phenoxy) is 4. The predicted molar refractivity (Wildman–Crippen MR) is 127 cm³/mol. The van der Waals surface area contributed by atoms with E-state index in [-0.39, 0.29) is 18.2 Å². The lowest BCUT2D eigenvalue weighted by Crippen LogP contribution is -2.74. The van der Waals surface area contributed by atoms with Crippen LogP contribution in [0, 0.1) is 0 Å². The van der Waals surface area contributed by atoms with Gasteiger partial charge in [0.25, 0.3) is 5.91 Å². The van der Waals surface area contributed by atoms with Gasteiger partial charge in [-0.3, -0.25) is 14.5 Å². The van der Waals surface area contributed by atoms with Crippen LogP contribution in [0.25, 0.3) is 0 Å². The standard InChI is InChI=1S/C20H26N2O6.C6H4O/c1-12(2)16(19(25)28-11-14-9-7-6-8-10-14)22-17(20(26-4)27-5)15(18(22)24)21-13(3)23;1-2-5-4-6(3-1)7-5/h6-10,15,17,20H,11H2,1-5H3,(H,21,23);1-4H. The van der Waals surface area contributed by atoms with Gasteiger partial charge in [0.2, 0.25) is 5.91 Å². The smallest absolute Gasteiger partial charge is 0.355 e. The fourth-order valence-electron chi connectivity index (χ4n) is 3.80. The molecule has 2 unspecified atom stereocenters. The Kier molecular flexibility index (Phi) is 8.62. The van der Waals surface area contributed by atoms with E-state index in [1.165, 1.54) is 26.0 Å². The van der Waals surface area contributed by atoms with E-state index in [0.717, 1.165) is 17.1 Å². The maximum atomic E-state index is 12.8. The number of allylic oxidation sites excluding steroid dienone is 1. The number of carbonyl (C=O) groups excluding carboxylic acids is 3. The van der Waals surface area contributed by atoms with Gasteiger partial charge in [-0.25, -0.2) is 4.79 Å². The van der Waals surface area contributed by atoms with Gasteiger partial charge in [0, 0.05) is 27.2 Å². The number of carbonyl (C=O) groups is 3. The molecule has 0 spiro atoms. The maximum absolute atomic E-state index is 12.8. The van der Waals surface area contributed by atoms with E-state index in [4.69, 9.17) is 18.9 Å². The molecule has 0 saturated carbocycles. The van der Waals surface area contributed by atoms with Crippen LogP contribution >= 0.6 is 0 Å². The molecule has 5 rings (SSSR count). The lowest BCUT2D eigenvalue weighted by Gasteiger charge is -2.49. The second-order valence-corrected chi connectivity index (χ2v) is 8.20. The highest BCUT2D eigenvalue weighted by atomic mass is 16.7. The molecule has 0 aliphatic carbocycles. The molecular weight excluding hydrogens is 452 g/mol. The van der Waals surface area contributed by atoms with E-state index < -0.39 is 30.3 Å². The van der Waals surface area contributed by atoms with Crippen LogP contribution in [0.4, 0.5) is 0 Å². The number of benzene rings is 2. The fourth-order valence-corrected chi connectivity index (χ4v) is 3.80. The highest BCUT2D eigenvalue weighted by molar-refractivity contribution is 6.01. The Balaban J connectivity index is 0.000000410. The summed E-state index contributed by atoms with van der Waals surface area (Å²) in [6.07, 6.45) is -0.828. The van der Waals surface area contributed by atoms with E-state index in [1.54, 1.807) is 13.8 Å². The van der Waals surface area contributed by atoms with Gasteiger partial charge in [0.1, 0.15) is 35.9 Å². The van der Waals surface area contributed by atoms with Crippen LogP contribution in [-0.4, -0.2) is 55.3 Å². The zero-order chi connectivity index (χ0) is 25.5. The van der Waals surface area contributed by atoms with E-state index in [1.807, 2.05) is 54.6 Å². The van der Waals surface area contributed by atoms with Gasteiger partial charge in [0.15, 0.2) is 6.29 Å². The third kappa shape index (κ3) is 6.06. The molecule has 3 aliphatic heterocycles. The first-order valence-electron chi connectivity index (χ1n) is 11.1. The molecule has 2 aromatic rings. The lowest BCUT2D eigenvalue weighted by molar-refractivity contribution is -0.192. The summed E-state index contributed by atoms with van der Waals surface area (Å²) in [7, 11) is 2.85. The van der Waals surface area contributed by atoms with Gasteiger partial charge in [-0.1, -0.05) is 36.4 Å². The molecule has 1 saturated heterocycles. The molecule has 0 aromatic heterocycles. The quantitative estimate of drug-likeness (QED) is 0.228. The van der Waals surface area contributed by atoms with Crippen LogP contribution in [0.2, 0.25) is 0 Å². The van der Waals surface area contributed by atoms with Crippen molar-refractivity contribution < 1.29 is 33.3 Å². The van der Waals surface area contributed by atoms with Crippen LogP contribution in [-0.2, 0) is 35.2 Å². The Bertz CT molecular complexity index is 1070. The SMILES string of the molecule is COC(OC)C1C(NC(C)=O)C(=O)N1C(C(=O)OCc1ccccc1)=C(C)C.c1cc2cc(c1)O2. The molecule has 2 amide bonds. The van der Waals surface area contributed by atoms with E-state index in [2.05, 4.69) is 5.32 Å². The number of rotatable bonds is 8. The summed E-state index contributed by atoms with van der Waals surface area (Å²) >= 11 is 0. The fraction of sp³-hybridized carbons (Fsp3) is 0.346. The summed E-state index contributed by atoms with van der Waals surface area (Å²) in [6, 6.07) is 15.6. The van der Waals surface area contributed by atoms with Crippen molar-refractivity contribution in [2.75, 3.05) is 14.2 Å². The average Bonchev–Trinajstić information content (AvgIpc) is 2.84. The molecule has 1 N–H and O–H groups in total. The predicted octanol–water partition coefficient (Wildman–Crippen LogP) is 3.15. The van der Waals surface area contributed by atoms with Gasteiger partial charge in [-0.05, 0) is 37.1 Å². The van der Waals surface area contributed by atoms with E-state index in [9.17, 15) is 14.4 Å². The molecule has 1 fully saturated rings. The summed E-state index contributed by atoms with van der Waals surface area (Å²) in [5, 5.41) is 2.58. The van der Waals surface area contributed by atoms with Crippen molar-refractivity contribution >= 4 is 17.8 Å². The van der Waals surface area contributed by atoms with Crippen LogP contribution in [0.3, 0.4) is 0 Å². The molecule has 9 heteroatoms. The second kappa shape index (κ2) is 11.6. The summed E-state index contributed by atoms with van der Waals surface area (Å²) in [4.78, 5) is 38.2. The molecule has 9 nitrogen and oxygen atoms in total. The van der Waals surface area contributed by atoms with Gasteiger partial charge in [0.05, 0.1) is 0 Å². The number of esters is 1. The third-order valence-corrected chi connectivity index (χ3v) is 5.41. The van der Waals surface area contributed by atoms with Crippen LogP contribution in [0.1, 0.15) is 26.3 Å². The normalized spacial score (nSPS) is 17.2. The topological polar surface area (TPSA) is 103 Å². The molecule has 3 heterocycles. The number of hydrogen-bond donors (Lipinski definition) is 1. The molecule has 2 bridgehead atoms. The van der Waals surface area contributed by atoms with Crippen molar-refractivity contribution in [1.29, 1.82) is 0 Å². The van der Waals surface area contributed by atoms with Crippen molar-refractivity contribution in [3.8, 4) is 11.5 Å².